The Morgan fingerprint density at radius 2 is 0.929 bits per heavy atom. The minimum absolute atomic E-state index is 0.319. The average molecular weight is 581 g/mol. The summed E-state index contributed by atoms with van der Waals surface area (Å²) < 4.78 is 0. The van der Waals surface area contributed by atoms with Crippen molar-refractivity contribution >= 4 is 11.9 Å². The fraction of sp³-hybridized carbons (Fsp3) is 0.526. The Balaban J connectivity index is 0. The SMILES string of the molecule is CC/C=C\C/C=C\C/C=C\CCCCCCCC(=O)O.CCCCCCCCC/C=C/C=C/C=C/C=C/C=C/C(=O)O. The van der Waals surface area contributed by atoms with Gasteiger partial charge in [0.2, 0.25) is 0 Å². The van der Waals surface area contributed by atoms with E-state index in [1.165, 1.54) is 63.9 Å². The van der Waals surface area contributed by atoms with E-state index in [1.807, 2.05) is 24.3 Å². The van der Waals surface area contributed by atoms with E-state index in [1.54, 1.807) is 12.2 Å². The molecule has 236 valence electrons. The molecule has 0 saturated heterocycles. The summed E-state index contributed by atoms with van der Waals surface area (Å²) in [7, 11) is 0. The maximum atomic E-state index is 10.3. The molecule has 0 saturated carbocycles. The lowest BCUT2D eigenvalue weighted by atomic mass is 10.1. The molecule has 0 aromatic rings. The quantitative estimate of drug-likeness (QED) is 0.0462. The maximum Gasteiger partial charge on any atom is 0.328 e. The van der Waals surface area contributed by atoms with Gasteiger partial charge in [-0.05, 0) is 51.4 Å². The summed E-state index contributed by atoms with van der Waals surface area (Å²) in [5.41, 5.74) is 0. The van der Waals surface area contributed by atoms with Crippen molar-refractivity contribution in [3.05, 3.63) is 97.2 Å². The molecule has 4 heteroatoms. The standard InChI is InChI=1S/C20H30O2.C18H30O2/c1-2-3-4-5-6-7-8-9-10-11-12-13-14-15-16-17-18-19-20(21)22;1-2-3-4-5-6-7-8-9-10-11-12-13-14-15-16-17-18(19)20/h10-19H,2-9H2,1H3,(H,21,22);3-4,6-7,9-10H,2,5,8,11-17H2,1H3,(H,19,20)/b11-10+,13-12+,15-14+,17-16+,19-18+;4-3-,7-6-,10-9-. The van der Waals surface area contributed by atoms with Gasteiger partial charge in [-0.2, -0.15) is 0 Å². The van der Waals surface area contributed by atoms with Gasteiger partial charge in [0.25, 0.3) is 0 Å². The van der Waals surface area contributed by atoms with E-state index in [4.69, 9.17) is 10.2 Å². The van der Waals surface area contributed by atoms with Crippen molar-refractivity contribution in [2.75, 3.05) is 0 Å². The Hall–Kier alpha value is -3.14. The first-order valence-electron chi connectivity index (χ1n) is 16.3. The van der Waals surface area contributed by atoms with Crippen LogP contribution in [0, 0.1) is 0 Å². The van der Waals surface area contributed by atoms with Crippen LogP contribution in [0.4, 0.5) is 0 Å². The normalized spacial score (nSPS) is 12.4. The Labute approximate surface area is 258 Å². The third-order valence-corrected chi connectivity index (χ3v) is 6.17. The fourth-order valence-electron chi connectivity index (χ4n) is 3.81. The van der Waals surface area contributed by atoms with Gasteiger partial charge in [-0.1, -0.05) is 163 Å². The summed E-state index contributed by atoms with van der Waals surface area (Å²) in [4.78, 5) is 20.5. The van der Waals surface area contributed by atoms with Gasteiger partial charge >= 0.3 is 11.9 Å². The Bertz CT molecular complexity index is 837. The molecule has 0 aromatic carbocycles. The smallest absolute Gasteiger partial charge is 0.328 e. The lowest BCUT2D eigenvalue weighted by molar-refractivity contribution is -0.137. The zero-order valence-corrected chi connectivity index (χ0v) is 26.7. The number of hydrogen-bond donors (Lipinski definition) is 2. The van der Waals surface area contributed by atoms with Gasteiger partial charge in [-0.25, -0.2) is 4.79 Å². The van der Waals surface area contributed by atoms with Crippen LogP contribution in [0.2, 0.25) is 0 Å². The molecule has 0 amide bonds. The van der Waals surface area contributed by atoms with Crippen LogP contribution in [0.15, 0.2) is 97.2 Å². The van der Waals surface area contributed by atoms with E-state index >= 15 is 0 Å². The number of rotatable bonds is 26. The predicted molar refractivity (Wildman–Crippen MR) is 183 cm³/mol. The van der Waals surface area contributed by atoms with Crippen molar-refractivity contribution in [1.29, 1.82) is 0 Å². The molecule has 0 heterocycles. The minimum atomic E-state index is -0.931. The lowest BCUT2D eigenvalue weighted by Gasteiger charge is -1.98. The molecule has 0 radical (unpaired) electrons. The van der Waals surface area contributed by atoms with E-state index in [0.29, 0.717) is 6.42 Å². The van der Waals surface area contributed by atoms with Crippen molar-refractivity contribution in [2.45, 2.75) is 129 Å². The molecule has 0 fully saturated rings. The van der Waals surface area contributed by atoms with Crippen LogP contribution in [-0.4, -0.2) is 22.2 Å². The predicted octanol–water partition coefficient (Wildman–Crippen LogP) is 11.7. The summed E-state index contributed by atoms with van der Waals surface area (Å²) in [6.07, 6.45) is 52.1. The summed E-state index contributed by atoms with van der Waals surface area (Å²) in [6, 6.07) is 0. The van der Waals surface area contributed by atoms with Gasteiger partial charge in [0.15, 0.2) is 0 Å². The van der Waals surface area contributed by atoms with Crippen LogP contribution in [0.1, 0.15) is 129 Å². The highest BCUT2D eigenvalue weighted by Gasteiger charge is 1.95. The van der Waals surface area contributed by atoms with E-state index in [-0.39, 0.29) is 0 Å². The van der Waals surface area contributed by atoms with Crippen molar-refractivity contribution in [3.63, 3.8) is 0 Å². The highest BCUT2D eigenvalue weighted by molar-refractivity contribution is 5.80. The molecule has 0 spiro atoms. The molecule has 0 atom stereocenters. The minimum Gasteiger partial charge on any atom is -0.481 e. The lowest BCUT2D eigenvalue weighted by Crippen LogP contribution is -1.93. The van der Waals surface area contributed by atoms with Crippen LogP contribution < -0.4 is 0 Å². The van der Waals surface area contributed by atoms with Gasteiger partial charge in [0.05, 0.1) is 0 Å². The largest absolute Gasteiger partial charge is 0.481 e. The highest BCUT2D eigenvalue weighted by atomic mass is 16.4. The maximum absolute atomic E-state index is 10.3. The fourth-order valence-corrected chi connectivity index (χ4v) is 3.81. The van der Waals surface area contributed by atoms with E-state index in [9.17, 15) is 9.59 Å². The molecule has 2 N–H and O–H groups in total. The summed E-state index contributed by atoms with van der Waals surface area (Å²) >= 11 is 0. The molecule has 0 unspecified atom stereocenters. The first kappa shape index (κ1) is 41.0. The second kappa shape index (κ2) is 37.9. The number of hydrogen-bond acceptors (Lipinski definition) is 2. The van der Waals surface area contributed by atoms with Gasteiger partial charge in [0.1, 0.15) is 0 Å². The molecule has 0 bridgehead atoms. The van der Waals surface area contributed by atoms with Crippen LogP contribution in [0.5, 0.6) is 0 Å². The van der Waals surface area contributed by atoms with Crippen LogP contribution in [0.3, 0.4) is 0 Å². The molecule has 0 aromatic heterocycles. The summed E-state index contributed by atoms with van der Waals surface area (Å²) in [6.45, 7) is 4.40. The van der Waals surface area contributed by atoms with Crippen LogP contribution >= 0.6 is 0 Å². The molecule has 0 aliphatic rings. The molecular formula is C38H60O4. The number of carboxylic acids is 2. The van der Waals surface area contributed by atoms with Gasteiger partial charge in [-0.3, -0.25) is 4.79 Å². The second-order valence-corrected chi connectivity index (χ2v) is 10.2. The third-order valence-electron chi connectivity index (χ3n) is 6.17. The zero-order chi connectivity index (χ0) is 31.2. The van der Waals surface area contributed by atoms with Crippen LogP contribution in [0.25, 0.3) is 0 Å². The van der Waals surface area contributed by atoms with Gasteiger partial charge in [-0.15, -0.1) is 0 Å². The molecule has 42 heavy (non-hydrogen) atoms. The van der Waals surface area contributed by atoms with Gasteiger partial charge in [0, 0.05) is 12.5 Å². The summed E-state index contributed by atoms with van der Waals surface area (Å²) in [5, 5.41) is 16.9. The average Bonchev–Trinajstić information content (AvgIpc) is 2.97. The van der Waals surface area contributed by atoms with Crippen molar-refractivity contribution in [2.24, 2.45) is 0 Å². The van der Waals surface area contributed by atoms with E-state index in [0.717, 1.165) is 57.4 Å². The third kappa shape index (κ3) is 43.9. The van der Waals surface area contributed by atoms with E-state index in [2.05, 4.69) is 62.5 Å². The molecule has 0 aliphatic heterocycles. The number of carbonyl (C=O) groups is 2. The molecule has 0 aliphatic carbocycles. The molecular weight excluding hydrogens is 520 g/mol. The van der Waals surface area contributed by atoms with Crippen molar-refractivity contribution < 1.29 is 19.8 Å². The van der Waals surface area contributed by atoms with Gasteiger partial charge < -0.3 is 10.2 Å². The second-order valence-electron chi connectivity index (χ2n) is 10.2. The Kier molecular flexibility index (Phi) is 37.0. The van der Waals surface area contributed by atoms with Crippen LogP contribution in [-0.2, 0) is 9.59 Å². The first-order valence-corrected chi connectivity index (χ1v) is 16.3. The van der Waals surface area contributed by atoms with E-state index < -0.39 is 11.9 Å². The van der Waals surface area contributed by atoms with Crippen molar-refractivity contribution in [1.82, 2.24) is 0 Å². The number of unbranched alkanes of at least 4 members (excludes halogenated alkanes) is 12. The topological polar surface area (TPSA) is 74.6 Å². The summed E-state index contributed by atoms with van der Waals surface area (Å²) in [5.74, 6) is -1.61. The number of aliphatic carboxylic acids is 2. The molecule has 4 nitrogen and oxygen atoms in total. The number of carboxylic acid groups (broad SMARTS) is 2. The molecule has 0 rings (SSSR count). The monoisotopic (exact) mass is 580 g/mol. The number of allylic oxidation sites excluding steroid dienone is 15. The first-order chi connectivity index (χ1) is 20.5. The van der Waals surface area contributed by atoms with Crippen molar-refractivity contribution in [3.8, 4) is 0 Å². The zero-order valence-electron chi connectivity index (χ0n) is 26.7. The highest BCUT2D eigenvalue weighted by Crippen LogP contribution is 2.09. The Morgan fingerprint density at radius 3 is 1.48 bits per heavy atom. The Morgan fingerprint density at radius 1 is 0.476 bits per heavy atom.